The van der Waals surface area contributed by atoms with Gasteiger partial charge >= 0.3 is 0 Å². The second-order valence-electron chi connectivity index (χ2n) is 13.6. The second-order valence-corrected chi connectivity index (χ2v) is 13.6. The van der Waals surface area contributed by atoms with E-state index < -0.39 is 0 Å². The molecule has 3 aliphatic rings. The van der Waals surface area contributed by atoms with Gasteiger partial charge in [0.2, 0.25) is 0 Å². The van der Waals surface area contributed by atoms with Gasteiger partial charge in [-0.05, 0) is 98.0 Å². The third-order valence-electron chi connectivity index (χ3n) is 11.2. The Kier molecular flexibility index (Phi) is 6.60. The number of hydrogen-bond donors (Lipinski definition) is 0. The van der Waals surface area contributed by atoms with Crippen molar-refractivity contribution in [3.63, 3.8) is 0 Å². The SMILES string of the molecule is C1=C2c3ccccc3C3(c4ccccc4-c4ccccc43)C2CC(N(c2ccc(-c3ccccc3)cc2)c2ccc(-c3ccccc3)cc2)=C1. The van der Waals surface area contributed by atoms with Gasteiger partial charge in [0.05, 0.1) is 5.41 Å². The molecule has 1 nitrogen and oxygen atoms in total. The van der Waals surface area contributed by atoms with Crippen molar-refractivity contribution in [1.82, 2.24) is 0 Å². The first-order valence-electron chi connectivity index (χ1n) is 17.6. The zero-order valence-corrected chi connectivity index (χ0v) is 27.7. The van der Waals surface area contributed by atoms with E-state index in [0.29, 0.717) is 0 Å². The molecule has 1 atom stereocenters. The van der Waals surface area contributed by atoms with Crippen LogP contribution in [0.5, 0.6) is 0 Å². The van der Waals surface area contributed by atoms with Crippen molar-refractivity contribution in [2.45, 2.75) is 11.8 Å². The molecule has 1 spiro atoms. The van der Waals surface area contributed by atoms with Gasteiger partial charge in [-0.15, -0.1) is 0 Å². The van der Waals surface area contributed by atoms with E-state index in [1.165, 1.54) is 66.9 Å². The lowest BCUT2D eigenvalue weighted by Crippen LogP contribution is -2.34. The molecule has 0 bridgehead atoms. The third kappa shape index (κ3) is 4.27. The highest BCUT2D eigenvalue weighted by atomic mass is 15.1. The van der Waals surface area contributed by atoms with Crippen LogP contribution in [0.15, 0.2) is 200 Å². The predicted octanol–water partition coefficient (Wildman–Crippen LogP) is 12.5. The highest BCUT2D eigenvalue weighted by Gasteiger charge is 2.56. The lowest BCUT2D eigenvalue weighted by molar-refractivity contribution is 0.483. The average molecular weight is 638 g/mol. The fourth-order valence-electron chi connectivity index (χ4n) is 9.07. The van der Waals surface area contributed by atoms with Gasteiger partial charge in [-0.25, -0.2) is 0 Å². The molecule has 7 aromatic carbocycles. The van der Waals surface area contributed by atoms with Crippen molar-refractivity contribution in [2.75, 3.05) is 4.90 Å². The van der Waals surface area contributed by atoms with Gasteiger partial charge in [0.1, 0.15) is 0 Å². The summed E-state index contributed by atoms with van der Waals surface area (Å²) in [5.74, 6) is 0.249. The summed E-state index contributed by atoms with van der Waals surface area (Å²) in [7, 11) is 0. The Balaban J connectivity index is 1.13. The number of hydrogen-bond acceptors (Lipinski definition) is 1. The zero-order chi connectivity index (χ0) is 33.1. The standard InChI is InChI=1S/C49H35N/c1-3-13-34(14-4-1)36-23-27-38(28-24-36)50(39-29-25-37(26-30-39)35-15-5-2-6-16-35)40-31-32-44-43-19-9-12-22-47(43)49(48(44)33-40)45-20-10-7-17-41(45)42-18-8-11-21-46(42)49/h1-32,48H,33H2. The minimum atomic E-state index is -0.255. The van der Waals surface area contributed by atoms with Crippen LogP contribution in [0.3, 0.4) is 0 Å². The summed E-state index contributed by atoms with van der Waals surface area (Å²) >= 11 is 0. The molecule has 0 aromatic heterocycles. The van der Waals surface area contributed by atoms with E-state index in [2.05, 4.69) is 199 Å². The normalized spacial score (nSPS) is 16.1. The number of benzene rings is 7. The molecule has 10 rings (SSSR count). The predicted molar refractivity (Wildman–Crippen MR) is 208 cm³/mol. The Bertz CT molecular complexity index is 2300. The molecule has 0 amide bonds. The molecule has 1 unspecified atom stereocenters. The topological polar surface area (TPSA) is 3.24 Å². The minimum absolute atomic E-state index is 0.249. The lowest BCUT2D eigenvalue weighted by Gasteiger charge is -2.39. The number of rotatable bonds is 5. The molecule has 1 heteroatoms. The fourth-order valence-corrected chi connectivity index (χ4v) is 9.07. The summed E-state index contributed by atoms with van der Waals surface area (Å²) in [6.45, 7) is 0. The third-order valence-corrected chi connectivity index (χ3v) is 11.2. The van der Waals surface area contributed by atoms with E-state index in [4.69, 9.17) is 0 Å². The van der Waals surface area contributed by atoms with Gasteiger partial charge in [-0.3, -0.25) is 0 Å². The van der Waals surface area contributed by atoms with Crippen LogP contribution < -0.4 is 4.90 Å². The highest BCUT2D eigenvalue weighted by molar-refractivity contribution is 5.93. The first kappa shape index (κ1) is 28.8. The first-order valence-corrected chi connectivity index (χ1v) is 17.6. The summed E-state index contributed by atoms with van der Waals surface area (Å²) in [4.78, 5) is 2.49. The van der Waals surface area contributed by atoms with Crippen LogP contribution in [0, 0.1) is 5.92 Å². The van der Waals surface area contributed by atoms with Crippen molar-refractivity contribution in [3.8, 4) is 33.4 Å². The molecular weight excluding hydrogens is 603 g/mol. The van der Waals surface area contributed by atoms with Gasteiger partial charge in [0.15, 0.2) is 0 Å². The van der Waals surface area contributed by atoms with E-state index in [9.17, 15) is 0 Å². The van der Waals surface area contributed by atoms with Crippen molar-refractivity contribution >= 4 is 16.9 Å². The van der Waals surface area contributed by atoms with E-state index in [-0.39, 0.29) is 11.3 Å². The van der Waals surface area contributed by atoms with Crippen LogP contribution in [-0.4, -0.2) is 0 Å². The number of allylic oxidation sites excluding steroid dienone is 4. The van der Waals surface area contributed by atoms with E-state index in [0.717, 1.165) is 17.8 Å². The molecule has 0 saturated heterocycles. The molecule has 7 aromatic rings. The van der Waals surface area contributed by atoms with Crippen LogP contribution >= 0.6 is 0 Å². The molecule has 0 heterocycles. The molecule has 0 saturated carbocycles. The van der Waals surface area contributed by atoms with Crippen molar-refractivity contribution < 1.29 is 0 Å². The lowest BCUT2D eigenvalue weighted by atomic mass is 9.65. The molecule has 0 radical (unpaired) electrons. The minimum Gasteiger partial charge on any atom is -0.314 e. The van der Waals surface area contributed by atoms with Gasteiger partial charge in [0.25, 0.3) is 0 Å². The van der Waals surface area contributed by atoms with Crippen LogP contribution in [-0.2, 0) is 5.41 Å². The molecule has 0 N–H and O–H groups in total. The van der Waals surface area contributed by atoms with Crippen molar-refractivity contribution in [1.29, 1.82) is 0 Å². The maximum absolute atomic E-state index is 2.49. The summed E-state index contributed by atoms with van der Waals surface area (Å²) in [6.07, 6.45) is 5.71. The van der Waals surface area contributed by atoms with E-state index in [1.807, 2.05) is 0 Å². The fraction of sp³-hybridized carbons (Fsp3) is 0.0612. The van der Waals surface area contributed by atoms with Gasteiger partial charge in [-0.2, -0.15) is 0 Å². The molecule has 236 valence electrons. The summed E-state index contributed by atoms with van der Waals surface area (Å²) < 4.78 is 0. The Hall–Kier alpha value is -6.18. The maximum Gasteiger partial charge on any atom is 0.0541 e. The monoisotopic (exact) mass is 637 g/mol. The zero-order valence-electron chi connectivity index (χ0n) is 27.7. The highest BCUT2D eigenvalue weighted by Crippen LogP contribution is 2.66. The first-order chi connectivity index (χ1) is 24.8. The Morgan fingerprint density at radius 3 is 1.28 bits per heavy atom. The average Bonchev–Trinajstić information content (AvgIpc) is 3.66. The molecule has 0 aliphatic heterocycles. The Morgan fingerprint density at radius 2 is 0.780 bits per heavy atom. The van der Waals surface area contributed by atoms with Crippen LogP contribution in [0.1, 0.15) is 28.7 Å². The quantitative estimate of drug-likeness (QED) is 0.182. The number of nitrogens with zero attached hydrogens (tertiary/aromatic N) is 1. The summed E-state index contributed by atoms with van der Waals surface area (Å²) in [6, 6.07) is 66.9. The van der Waals surface area contributed by atoms with Crippen molar-refractivity contribution in [3.05, 3.63) is 222 Å². The molecule has 0 fully saturated rings. The maximum atomic E-state index is 2.49. The molecular formula is C49H35N. The number of anilines is 2. The van der Waals surface area contributed by atoms with Gasteiger partial charge in [0, 0.05) is 23.0 Å². The van der Waals surface area contributed by atoms with Crippen LogP contribution in [0.25, 0.3) is 39.0 Å². The second kappa shape index (κ2) is 11.5. The van der Waals surface area contributed by atoms with Gasteiger partial charge < -0.3 is 4.90 Å². The summed E-state index contributed by atoms with van der Waals surface area (Å²) in [5, 5.41) is 0. The van der Waals surface area contributed by atoms with Gasteiger partial charge in [-0.1, -0.05) is 164 Å². The van der Waals surface area contributed by atoms with Crippen LogP contribution in [0.4, 0.5) is 11.4 Å². The number of fused-ring (bicyclic) bond motifs is 10. The van der Waals surface area contributed by atoms with E-state index in [1.54, 1.807) is 0 Å². The summed E-state index contributed by atoms with van der Waals surface area (Å²) in [5.41, 5.74) is 18.1. The Labute approximate surface area is 294 Å². The Morgan fingerprint density at radius 1 is 0.380 bits per heavy atom. The smallest absolute Gasteiger partial charge is 0.0541 e. The van der Waals surface area contributed by atoms with E-state index >= 15 is 0 Å². The molecule has 50 heavy (non-hydrogen) atoms. The largest absolute Gasteiger partial charge is 0.314 e. The van der Waals surface area contributed by atoms with Crippen molar-refractivity contribution in [2.24, 2.45) is 5.92 Å². The van der Waals surface area contributed by atoms with Crippen LogP contribution in [0.2, 0.25) is 0 Å². The molecule has 3 aliphatic carbocycles.